The molecule has 19 heavy (non-hydrogen) atoms. The highest BCUT2D eigenvalue weighted by molar-refractivity contribution is 6.02. The van der Waals surface area contributed by atoms with E-state index >= 15 is 0 Å². The molecule has 2 bridgehead atoms. The van der Waals surface area contributed by atoms with E-state index in [-0.39, 0.29) is 35.9 Å². The minimum atomic E-state index is -0.0951. The molecule has 0 aromatic rings. The minimum Gasteiger partial charge on any atom is -0.497 e. The maximum Gasteiger partial charge on any atom is 0.171 e. The summed E-state index contributed by atoms with van der Waals surface area (Å²) in [5.41, 5.74) is 0.715. The van der Waals surface area contributed by atoms with Crippen molar-refractivity contribution in [1.82, 2.24) is 0 Å². The van der Waals surface area contributed by atoms with Gasteiger partial charge in [0.1, 0.15) is 5.76 Å². The molecule has 0 saturated carbocycles. The van der Waals surface area contributed by atoms with E-state index in [9.17, 15) is 4.79 Å². The molecule has 1 aliphatic carbocycles. The fourth-order valence-electron chi connectivity index (χ4n) is 3.19. The Hall–Kier alpha value is -1.13. The van der Waals surface area contributed by atoms with Crippen LogP contribution in [0, 0.1) is 11.8 Å². The first-order valence-electron chi connectivity index (χ1n) is 6.99. The van der Waals surface area contributed by atoms with Gasteiger partial charge in [0.25, 0.3) is 0 Å². The van der Waals surface area contributed by atoms with Gasteiger partial charge in [-0.3, -0.25) is 4.79 Å². The molecular formula is C15H20O4. The summed E-state index contributed by atoms with van der Waals surface area (Å²) in [4.78, 5) is 12.5. The van der Waals surface area contributed by atoms with Crippen LogP contribution in [0.3, 0.4) is 0 Å². The Kier molecular flexibility index (Phi) is 3.23. The number of carbonyl (C=O) groups excluding carboxylic acids is 1. The van der Waals surface area contributed by atoms with Crippen molar-refractivity contribution in [3.05, 3.63) is 23.5 Å². The van der Waals surface area contributed by atoms with Gasteiger partial charge in [0.2, 0.25) is 0 Å². The second-order valence-corrected chi connectivity index (χ2v) is 5.50. The monoisotopic (exact) mass is 264 g/mol. The first-order valence-corrected chi connectivity index (χ1v) is 6.99. The highest BCUT2D eigenvalue weighted by Gasteiger charge is 2.57. The van der Waals surface area contributed by atoms with Crippen molar-refractivity contribution < 1.29 is 19.0 Å². The fourth-order valence-corrected chi connectivity index (χ4v) is 3.19. The molecular weight excluding hydrogens is 244 g/mol. The smallest absolute Gasteiger partial charge is 0.171 e. The van der Waals surface area contributed by atoms with Crippen LogP contribution in [0.4, 0.5) is 0 Å². The second-order valence-electron chi connectivity index (χ2n) is 5.50. The molecule has 0 aromatic heterocycles. The third-order valence-corrected chi connectivity index (χ3v) is 3.96. The highest BCUT2D eigenvalue weighted by Crippen LogP contribution is 2.49. The quantitative estimate of drug-likeness (QED) is 0.711. The molecule has 1 fully saturated rings. The first-order chi connectivity index (χ1) is 9.13. The molecule has 0 amide bonds. The van der Waals surface area contributed by atoms with Crippen LogP contribution in [0.5, 0.6) is 0 Å². The van der Waals surface area contributed by atoms with Crippen LogP contribution in [0.2, 0.25) is 0 Å². The highest BCUT2D eigenvalue weighted by atomic mass is 16.5. The van der Waals surface area contributed by atoms with E-state index in [1.807, 2.05) is 32.9 Å². The van der Waals surface area contributed by atoms with E-state index in [1.54, 1.807) is 0 Å². The van der Waals surface area contributed by atoms with Crippen molar-refractivity contribution in [3.8, 4) is 0 Å². The first kappa shape index (κ1) is 12.9. The van der Waals surface area contributed by atoms with Gasteiger partial charge in [-0.2, -0.15) is 0 Å². The standard InChI is InChI=1S/C15H20O4/c1-4-17-15-9(7-18-8(2)3)14(16)12-10-5-6-11(19-10)13(12)15/h5-6,8,10-13H,4,7H2,1-3H3/t10-,11+,12-,13+/m0/s1. The summed E-state index contributed by atoms with van der Waals surface area (Å²) in [6.45, 7) is 6.79. The summed E-state index contributed by atoms with van der Waals surface area (Å²) in [7, 11) is 0. The number of carbonyl (C=O) groups is 1. The van der Waals surface area contributed by atoms with Gasteiger partial charge in [-0.25, -0.2) is 0 Å². The predicted molar refractivity (Wildman–Crippen MR) is 69.5 cm³/mol. The predicted octanol–water partition coefficient (Wildman–Crippen LogP) is 1.85. The van der Waals surface area contributed by atoms with Crippen molar-refractivity contribution >= 4 is 5.78 Å². The third-order valence-electron chi connectivity index (χ3n) is 3.96. The SMILES string of the molecule is CCOC1=C(COC(C)C)C(=O)[C@@H]2[C@H]1[C@H]1C=C[C@@H]2O1. The lowest BCUT2D eigenvalue weighted by Crippen LogP contribution is -2.27. The zero-order valence-electron chi connectivity index (χ0n) is 11.6. The summed E-state index contributed by atoms with van der Waals surface area (Å²) < 4.78 is 17.1. The van der Waals surface area contributed by atoms with Gasteiger partial charge in [0, 0.05) is 0 Å². The van der Waals surface area contributed by atoms with Gasteiger partial charge < -0.3 is 14.2 Å². The number of hydrogen-bond acceptors (Lipinski definition) is 4. The summed E-state index contributed by atoms with van der Waals surface area (Å²) in [5.74, 6) is 0.913. The van der Waals surface area contributed by atoms with E-state index in [0.29, 0.717) is 18.8 Å². The summed E-state index contributed by atoms with van der Waals surface area (Å²) >= 11 is 0. The van der Waals surface area contributed by atoms with Crippen LogP contribution in [-0.4, -0.2) is 37.3 Å². The van der Waals surface area contributed by atoms with E-state index in [0.717, 1.165) is 5.76 Å². The number of rotatable bonds is 5. The fraction of sp³-hybridized carbons (Fsp3) is 0.667. The Morgan fingerprint density at radius 2 is 1.95 bits per heavy atom. The molecule has 2 heterocycles. The summed E-state index contributed by atoms with van der Waals surface area (Å²) in [6, 6.07) is 0. The van der Waals surface area contributed by atoms with E-state index in [1.165, 1.54) is 0 Å². The number of Topliss-reactive ketones (excluding diaryl/α,β-unsaturated/α-hetero) is 1. The molecule has 1 saturated heterocycles. The lowest BCUT2D eigenvalue weighted by atomic mass is 9.84. The lowest BCUT2D eigenvalue weighted by Gasteiger charge is -2.19. The van der Waals surface area contributed by atoms with E-state index < -0.39 is 0 Å². The average Bonchev–Trinajstić information content (AvgIpc) is 3.02. The van der Waals surface area contributed by atoms with Gasteiger partial charge in [-0.15, -0.1) is 0 Å². The molecule has 0 aromatic carbocycles. The molecule has 4 nitrogen and oxygen atoms in total. The minimum absolute atomic E-state index is 0.00273. The average molecular weight is 264 g/mol. The Morgan fingerprint density at radius 3 is 2.58 bits per heavy atom. The Morgan fingerprint density at radius 1 is 1.26 bits per heavy atom. The van der Waals surface area contributed by atoms with Crippen LogP contribution in [0.1, 0.15) is 20.8 Å². The number of fused-ring (bicyclic) bond motifs is 5. The third kappa shape index (κ3) is 1.94. The Labute approximate surface area is 113 Å². The van der Waals surface area contributed by atoms with Crippen LogP contribution < -0.4 is 0 Å². The molecule has 104 valence electrons. The summed E-state index contributed by atoms with van der Waals surface area (Å²) in [6.07, 6.45) is 4.07. The van der Waals surface area contributed by atoms with Crippen molar-refractivity contribution in [2.75, 3.05) is 13.2 Å². The maximum atomic E-state index is 12.5. The van der Waals surface area contributed by atoms with Crippen molar-refractivity contribution in [3.63, 3.8) is 0 Å². The molecule has 0 unspecified atom stereocenters. The molecule has 4 heteroatoms. The Balaban J connectivity index is 1.88. The van der Waals surface area contributed by atoms with Crippen molar-refractivity contribution in [2.24, 2.45) is 11.8 Å². The molecule has 2 aliphatic heterocycles. The zero-order chi connectivity index (χ0) is 13.6. The molecule has 0 radical (unpaired) electrons. The molecule has 0 spiro atoms. The summed E-state index contributed by atoms with van der Waals surface area (Å²) in [5, 5.41) is 0. The maximum absolute atomic E-state index is 12.5. The largest absolute Gasteiger partial charge is 0.497 e. The van der Waals surface area contributed by atoms with Crippen molar-refractivity contribution in [1.29, 1.82) is 0 Å². The molecule has 4 atom stereocenters. The second kappa shape index (κ2) is 4.76. The van der Waals surface area contributed by atoms with E-state index in [4.69, 9.17) is 14.2 Å². The lowest BCUT2D eigenvalue weighted by molar-refractivity contribution is -0.120. The van der Waals surface area contributed by atoms with Crippen LogP contribution >= 0.6 is 0 Å². The van der Waals surface area contributed by atoms with Crippen LogP contribution in [0.25, 0.3) is 0 Å². The van der Waals surface area contributed by atoms with Crippen LogP contribution in [0.15, 0.2) is 23.5 Å². The van der Waals surface area contributed by atoms with Crippen molar-refractivity contribution in [2.45, 2.75) is 39.1 Å². The number of ketones is 1. The normalized spacial score (nSPS) is 35.7. The van der Waals surface area contributed by atoms with E-state index in [2.05, 4.69) is 0 Å². The Bertz CT molecular complexity index is 449. The van der Waals surface area contributed by atoms with Gasteiger partial charge in [-0.1, -0.05) is 12.2 Å². The van der Waals surface area contributed by atoms with Gasteiger partial charge >= 0.3 is 0 Å². The zero-order valence-corrected chi connectivity index (χ0v) is 11.6. The van der Waals surface area contributed by atoms with Gasteiger partial charge in [-0.05, 0) is 20.8 Å². The molecule has 3 aliphatic rings. The topological polar surface area (TPSA) is 44.8 Å². The molecule has 3 rings (SSSR count). The van der Waals surface area contributed by atoms with Crippen LogP contribution in [-0.2, 0) is 19.0 Å². The van der Waals surface area contributed by atoms with Gasteiger partial charge in [0.05, 0.1) is 48.9 Å². The molecule has 0 N–H and O–H groups in total. The number of ether oxygens (including phenoxy) is 3. The van der Waals surface area contributed by atoms with Gasteiger partial charge in [0.15, 0.2) is 5.78 Å². The number of hydrogen-bond donors (Lipinski definition) is 0.